The molecule has 0 bridgehead atoms. The van der Waals surface area contributed by atoms with Crippen molar-refractivity contribution in [3.05, 3.63) is 0 Å². The quantitative estimate of drug-likeness (QED) is 0.570. The summed E-state index contributed by atoms with van der Waals surface area (Å²) in [5.41, 5.74) is 0. The van der Waals surface area contributed by atoms with Gasteiger partial charge in [-0.15, -0.1) is 0 Å². The fourth-order valence-electron chi connectivity index (χ4n) is 2.10. The average molecular weight is 258 g/mol. The number of nitrogens with one attached hydrogen (secondary N) is 1. The van der Waals surface area contributed by atoms with E-state index >= 15 is 0 Å². The van der Waals surface area contributed by atoms with Crippen LogP contribution in [0.3, 0.4) is 0 Å². The van der Waals surface area contributed by atoms with E-state index in [1.807, 2.05) is 0 Å². The van der Waals surface area contributed by atoms with Crippen LogP contribution < -0.4 is 5.32 Å². The normalized spacial score (nSPS) is 17.2. The monoisotopic (exact) mass is 258 g/mol. The zero-order valence-electron chi connectivity index (χ0n) is 12.0. The zero-order valence-corrected chi connectivity index (χ0v) is 12.0. The van der Waals surface area contributed by atoms with Crippen LogP contribution in [-0.2, 0) is 9.47 Å². The Kier molecular flexibility index (Phi) is 10.5. The van der Waals surface area contributed by atoms with Gasteiger partial charge in [-0.1, -0.05) is 19.8 Å². The van der Waals surface area contributed by atoms with Crippen molar-refractivity contribution in [1.82, 2.24) is 10.2 Å². The summed E-state index contributed by atoms with van der Waals surface area (Å²) in [6.45, 7) is 11.2. The molecule has 1 aliphatic heterocycles. The first kappa shape index (κ1) is 15.9. The van der Waals surface area contributed by atoms with Gasteiger partial charge in [0.1, 0.15) is 0 Å². The number of ether oxygens (including phenoxy) is 2. The second-order valence-corrected chi connectivity index (χ2v) is 4.88. The highest BCUT2D eigenvalue weighted by molar-refractivity contribution is 4.66. The Hall–Kier alpha value is -0.160. The Morgan fingerprint density at radius 1 is 0.889 bits per heavy atom. The summed E-state index contributed by atoms with van der Waals surface area (Å²) in [7, 11) is 0. The van der Waals surface area contributed by atoms with Crippen molar-refractivity contribution in [3.63, 3.8) is 0 Å². The van der Waals surface area contributed by atoms with Gasteiger partial charge < -0.3 is 19.7 Å². The molecule has 1 fully saturated rings. The van der Waals surface area contributed by atoms with Crippen molar-refractivity contribution in [2.45, 2.75) is 32.6 Å². The summed E-state index contributed by atoms with van der Waals surface area (Å²) >= 11 is 0. The molecule has 1 N–H and O–H groups in total. The molecule has 0 radical (unpaired) electrons. The van der Waals surface area contributed by atoms with Gasteiger partial charge in [-0.2, -0.15) is 0 Å². The first-order valence-electron chi connectivity index (χ1n) is 7.52. The molecule has 4 heteroatoms. The molecule has 1 saturated heterocycles. The highest BCUT2D eigenvalue weighted by Crippen LogP contribution is 1.96. The van der Waals surface area contributed by atoms with Crippen molar-refractivity contribution in [2.75, 3.05) is 59.2 Å². The molecule has 1 aliphatic rings. The van der Waals surface area contributed by atoms with Crippen LogP contribution in [0.5, 0.6) is 0 Å². The minimum absolute atomic E-state index is 0.744. The first-order valence-corrected chi connectivity index (χ1v) is 7.52. The molecule has 18 heavy (non-hydrogen) atoms. The number of hydrogen-bond donors (Lipinski definition) is 1. The van der Waals surface area contributed by atoms with Crippen LogP contribution in [0.4, 0.5) is 0 Å². The molecule has 0 unspecified atom stereocenters. The van der Waals surface area contributed by atoms with E-state index < -0.39 is 0 Å². The molecule has 0 aromatic rings. The lowest BCUT2D eigenvalue weighted by Crippen LogP contribution is -2.43. The lowest BCUT2D eigenvalue weighted by atomic mass is 10.3. The number of unbranched alkanes of at least 4 members (excludes halogenated alkanes) is 2. The molecule has 1 rings (SSSR count). The number of rotatable bonds is 11. The van der Waals surface area contributed by atoms with Crippen molar-refractivity contribution in [1.29, 1.82) is 0 Å². The van der Waals surface area contributed by atoms with Crippen LogP contribution in [0.2, 0.25) is 0 Å². The Bertz CT molecular complexity index is 173. The standard InChI is InChI=1S/C14H30N2O2/c1-2-3-4-11-17-13-14-18-12-5-8-16-9-6-15-7-10-16/h15H,2-14H2,1H3. The Morgan fingerprint density at radius 2 is 1.56 bits per heavy atom. The number of nitrogens with zero attached hydrogens (tertiary/aromatic N) is 1. The summed E-state index contributed by atoms with van der Waals surface area (Å²) < 4.78 is 11.1. The molecule has 0 amide bonds. The Labute approximate surface area is 112 Å². The third-order valence-corrected chi connectivity index (χ3v) is 3.24. The molecule has 0 saturated carbocycles. The van der Waals surface area contributed by atoms with Gasteiger partial charge in [-0.25, -0.2) is 0 Å². The van der Waals surface area contributed by atoms with Gasteiger partial charge in [0.15, 0.2) is 0 Å². The molecule has 0 aromatic heterocycles. The van der Waals surface area contributed by atoms with E-state index in [0.29, 0.717) is 0 Å². The fraction of sp³-hybridized carbons (Fsp3) is 1.00. The minimum atomic E-state index is 0.744. The third kappa shape index (κ3) is 8.86. The van der Waals surface area contributed by atoms with Gasteiger partial charge in [0.2, 0.25) is 0 Å². The van der Waals surface area contributed by atoms with Gasteiger partial charge in [-0.3, -0.25) is 0 Å². The maximum Gasteiger partial charge on any atom is 0.0700 e. The van der Waals surface area contributed by atoms with Gasteiger partial charge in [-0.05, 0) is 12.8 Å². The van der Waals surface area contributed by atoms with Crippen LogP contribution >= 0.6 is 0 Å². The topological polar surface area (TPSA) is 33.7 Å². The third-order valence-electron chi connectivity index (χ3n) is 3.24. The molecule has 4 nitrogen and oxygen atoms in total. The predicted molar refractivity (Wildman–Crippen MR) is 75.1 cm³/mol. The molecule has 0 aromatic carbocycles. The van der Waals surface area contributed by atoms with Gasteiger partial charge in [0.05, 0.1) is 13.2 Å². The SMILES string of the molecule is CCCCCOCCOCCCN1CCNCC1. The van der Waals surface area contributed by atoms with Crippen LogP contribution in [0.25, 0.3) is 0 Å². The fourth-order valence-corrected chi connectivity index (χ4v) is 2.10. The van der Waals surface area contributed by atoms with Gasteiger partial charge in [0, 0.05) is 45.9 Å². The highest BCUT2D eigenvalue weighted by Gasteiger charge is 2.07. The molecule has 0 atom stereocenters. The van der Waals surface area contributed by atoms with E-state index in [0.717, 1.165) is 45.9 Å². The summed E-state index contributed by atoms with van der Waals surface area (Å²) in [6, 6.07) is 0. The average Bonchev–Trinajstić information content (AvgIpc) is 2.42. The van der Waals surface area contributed by atoms with Gasteiger partial charge in [0.25, 0.3) is 0 Å². The predicted octanol–water partition coefficient (Wildman–Crippen LogP) is 1.51. The summed E-state index contributed by atoms with van der Waals surface area (Å²) in [6.07, 6.45) is 4.84. The summed E-state index contributed by atoms with van der Waals surface area (Å²) in [5, 5.41) is 3.36. The van der Waals surface area contributed by atoms with E-state index in [1.54, 1.807) is 0 Å². The summed E-state index contributed by atoms with van der Waals surface area (Å²) in [5.74, 6) is 0. The van der Waals surface area contributed by atoms with E-state index in [2.05, 4.69) is 17.1 Å². The van der Waals surface area contributed by atoms with Crippen LogP contribution in [0.15, 0.2) is 0 Å². The van der Waals surface area contributed by atoms with Crippen LogP contribution in [-0.4, -0.2) is 64.1 Å². The maximum atomic E-state index is 5.56. The van der Waals surface area contributed by atoms with Crippen molar-refractivity contribution < 1.29 is 9.47 Å². The Balaban J connectivity index is 1.73. The van der Waals surface area contributed by atoms with Crippen LogP contribution in [0, 0.1) is 0 Å². The Morgan fingerprint density at radius 3 is 2.22 bits per heavy atom. The maximum absolute atomic E-state index is 5.56. The highest BCUT2D eigenvalue weighted by atomic mass is 16.5. The number of piperazine rings is 1. The summed E-state index contributed by atoms with van der Waals surface area (Å²) in [4.78, 5) is 2.50. The molecule has 1 heterocycles. The molecule has 108 valence electrons. The van der Waals surface area contributed by atoms with Crippen molar-refractivity contribution in [2.24, 2.45) is 0 Å². The minimum Gasteiger partial charge on any atom is -0.379 e. The lowest BCUT2D eigenvalue weighted by Gasteiger charge is -2.26. The molecule has 0 spiro atoms. The second-order valence-electron chi connectivity index (χ2n) is 4.88. The van der Waals surface area contributed by atoms with E-state index in [-0.39, 0.29) is 0 Å². The van der Waals surface area contributed by atoms with Crippen molar-refractivity contribution >= 4 is 0 Å². The molecule has 0 aliphatic carbocycles. The smallest absolute Gasteiger partial charge is 0.0700 e. The second kappa shape index (κ2) is 11.9. The van der Waals surface area contributed by atoms with Gasteiger partial charge >= 0.3 is 0 Å². The molecular formula is C14H30N2O2. The van der Waals surface area contributed by atoms with E-state index in [4.69, 9.17) is 9.47 Å². The number of hydrogen-bond acceptors (Lipinski definition) is 4. The molecular weight excluding hydrogens is 228 g/mol. The van der Waals surface area contributed by atoms with Crippen molar-refractivity contribution in [3.8, 4) is 0 Å². The zero-order chi connectivity index (χ0) is 12.9. The van der Waals surface area contributed by atoms with E-state index in [9.17, 15) is 0 Å². The van der Waals surface area contributed by atoms with E-state index in [1.165, 1.54) is 38.9 Å². The van der Waals surface area contributed by atoms with Crippen LogP contribution in [0.1, 0.15) is 32.6 Å². The first-order chi connectivity index (χ1) is 8.93. The largest absolute Gasteiger partial charge is 0.379 e. The lowest BCUT2D eigenvalue weighted by molar-refractivity contribution is 0.0426.